The summed E-state index contributed by atoms with van der Waals surface area (Å²) in [6, 6.07) is 0.899. The van der Waals surface area contributed by atoms with Crippen LogP contribution >= 0.6 is 0 Å². The highest BCUT2D eigenvalue weighted by Gasteiger charge is 2.25. The van der Waals surface area contributed by atoms with Gasteiger partial charge in [-0.2, -0.15) is 0 Å². The van der Waals surface area contributed by atoms with E-state index in [1.807, 2.05) is 6.92 Å². The molecule has 1 aliphatic rings. The van der Waals surface area contributed by atoms with Gasteiger partial charge < -0.3 is 20.9 Å². The van der Waals surface area contributed by atoms with Crippen LogP contribution in [0.15, 0.2) is 17.1 Å². The number of nitrogens with two attached hydrogens (primary N) is 1. The number of nitrogens with one attached hydrogen (secondary N) is 2. The van der Waals surface area contributed by atoms with E-state index in [1.165, 1.54) is 16.8 Å². The fourth-order valence-electron chi connectivity index (χ4n) is 2.49. The molecule has 0 spiro atoms. The van der Waals surface area contributed by atoms with Gasteiger partial charge in [-0.15, -0.1) is 0 Å². The van der Waals surface area contributed by atoms with Crippen molar-refractivity contribution in [1.29, 1.82) is 0 Å². The molecule has 6 nitrogen and oxygen atoms in total. The van der Waals surface area contributed by atoms with Crippen molar-refractivity contribution in [1.82, 2.24) is 9.88 Å². The predicted octanol–water partition coefficient (Wildman–Crippen LogP) is 0.469. The second kappa shape index (κ2) is 6.71. The molecule has 1 aromatic heterocycles. The van der Waals surface area contributed by atoms with Crippen LogP contribution in [0.1, 0.15) is 30.1 Å². The minimum atomic E-state index is -1.07. The number of carbonyl (C=O) groups excluding carboxylic acids is 1. The number of alkyl halides is 1. The first kappa shape index (κ1) is 15.5. The number of halogens is 1. The van der Waals surface area contributed by atoms with Gasteiger partial charge in [-0.05, 0) is 19.4 Å². The molecule has 2 rings (SSSR count). The summed E-state index contributed by atoms with van der Waals surface area (Å²) in [5.41, 5.74) is 5.67. The number of aryl methyl sites for hydroxylation is 1. The number of amides is 1. The van der Waals surface area contributed by atoms with Gasteiger partial charge in [-0.25, -0.2) is 4.39 Å². The molecule has 0 bridgehead atoms. The minimum Gasteiger partial charge on any atom is -0.378 e. The Labute approximate surface area is 122 Å². The first-order valence-corrected chi connectivity index (χ1v) is 7.18. The van der Waals surface area contributed by atoms with Crippen molar-refractivity contribution in [2.24, 2.45) is 5.73 Å². The number of primary amides is 1. The maximum absolute atomic E-state index is 13.8. The molecule has 1 fully saturated rings. The average molecular weight is 296 g/mol. The average Bonchev–Trinajstić information content (AvgIpc) is 2.44. The Morgan fingerprint density at radius 3 is 3.00 bits per heavy atom. The second-order valence-corrected chi connectivity index (χ2v) is 5.26. The van der Waals surface area contributed by atoms with Gasteiger partial charge in [0.25, 0.3) is 11.5 Å². The van der Waals surface area contributed by atoms with Crippen LogP contribution in [0.5, 0.6) is 0 Å². The Morgan fingerprint density at radius 1 is 1.62 bits per heavy atom. The second-order valence-electron chi connectivity index (χ2n) is 5.26. The van der Waals surface area contributed by atoms with E-state index in [9.17, 15) is 14.0 Å². The molecular formula is C14H21FN4O2. The van der Waals surface area contributed by atoms with E-state index in [4.69, 9.17) is 5.73 Å². The highest BCUT2D eigenvalue weighted by molar-refractivity contribution is 5.98. The maximum Gasteiger partial charge on any atom is 0.252 e. The number of pyridine rings is 1. The number of aromatic nitrogens is 1. The van der Waals surface area contributed by atoms with Crippen molar-refractivity contribution in [2.75, 3.05) is 18.4 Å². The van der Waals surface area contributed by atoms with Gasteiger partial charge in [0.2, 0.25) is 0 Å². The van der Waals surface area contributed by atoms with Crippen LogP contribution in [-0.2, 0) is 6.54 Å². The molecule has 116 valence electrons. The summed E-state index contributed by atoms with van der Waals surface area (Å²) in [4.78, 5) is 23.6. The molecule has 2 atom stereocenters. The smallest absolute Gasteiger partial charge is 0.252 e. The molecular weight excluding hydrogens is 275 g/mol. The molecule has 2 heterocycles. The highest BCUT2D eigenvalue weighted by atomic mass is 19.1. The number of nitrogens with zero attached hydrogens (tertiary/aromatic N) is 1. The molecule has 1 amide bonds. The SMILES string of the molecule is CCCn1cc(C(N)=O)c(N[C@@H]2CCNC[C@@H]2F)cc1=O. The fraction of sp³-hybridized carbons (Fsp3) is 0.571. The van der Waals surface area contributed by atoms with Gasteiger partial charge in [0.05, 0.1) is 17.3 Å². The van der Waals surface area contributed by atoms with E-state index in [-0.39, 0.29) is 17.7 Å². The number of carbonyl (C=O) groups is 1. The number of rotatable bonds is 5. The van der Waals surface area contributed by atoms with Crippen LogP contribution in [0.25, 0.3) is 0 Å². The molecule has 7 heteroatoms. The number of piperidine rings is 1. The van der Waals surface area contributed by atoms with E-state index in [1.54, 1.807) is 0 Å². The standard InChI is InChI=1S/C14H21FN4O2/c1-2-5-19-8-9(14(16)21)12(6-13(19)20)18-11-3-4-17-7-10(11)15/h6,8,10-11,17-18H,2-5,7H2,1H3,(H2,16,21)/t10-,11+/m0/s1. The Kier molecular flexibility index (Phi) is 4.95. The van der Waals surface area contributed by atoms with Crippen LogP contribution in [0.2, 0.25) is 0 Å². The van der Waals surface area contributed by atoms with E-state index < -0.39 is 18.1 Å². The third-order valence-electron chi connectivity index (χ3n) is 3.60. The first-order valence-electron chi connectivity index (χ1n) is 7.18. The molecule has 0 radical (unpaired) electrons. The summed E-state index contributed by atoms with van der Waals surface area (Å²) in [5.74, 6) is -0.633. The summed E-state index contributed by atoms with van der Waals surface area (Å²) >= 11 is 0. The Hall–Kier alpha value is -1.89. The zero-order chi connectivity index (χ0) is 15.4. The lowest BCUT2D eigenvalue weighted by Gasteiger charge is -2.29. The minimum absolute atomic E-state index is 0.216. The van der Waals surface area contributed by atoms with Gasteiger partial charge in [0, 0.05) is 25.4 Å². The number of hydrogen-bond acceptors (Lipinski definition) is 4. The zero-order valence-electron chi connectivity index (χ0n) is 12.1. The lowest BCUT2D eigenvalue weighted by molar-refractivity contribution is 0.1000. The van der Waals surface area contributed by atoms with Crippen LogP contribution in [0, 0.1) is 0 Å². The van der Waals surface area contributed by atoms with Gasteiger partial charge >= 0.3 is 0 Å². The van der Waals surface area contributed by atoms with E-state index in [0.717, 1.165) is 6.42 Å². The maximum atomic E-state index is 13.8. The molecule has 1 aliphatic heterocycles. The van der Waals surface area contributed by atoms with Crippen molar-refractivity contribution >= 4 is 11.6 Å². The third-order valence-corrected chi connectivity index (χ3v) is 3.60. The molecule has 1 aromatic rings. The van der Waals surface area contributed by atoms with Crippen LogP contribution in [-0.4, -0.2) is 35.8 Å². The van der Waals surface area contributed by atoms with E-state index >= 15 is 0 Å². The molecule has 0 aliphatic carbocycles. The lowest BCUT2D eigenvalue weighted by Crippen LogP contribution is -2.45. The predicted molar refractivity (Wildman–Crippen MR) is 79.3 cm³/mol. The topological polar surface area (TPSA) is 89.2 Å². The van der Waals surface area contributed by atoms with Gasteiger partial charge in [-0.3, -0.25) is 9.59 Å². The molecule has 4 N–H and O–H groups in total. The van der Waals surface area contributed by atoms with Crippen molar-refractivity contribution in [3.8, 4) is 0 Å². The summed E-state index contributed by atoms with van der Waals surface area (Å²) in [7, 11) is 0. The van der Waals surface area contributed by atoms with Crippen molar-refractivity contribution < 1.29 is 9.18 Å². The Bertz CT molecular complexity index is 573. The third kappa shape index (κ3) is 3.60. The Morgan fingerprint density at radius 2 is 2.38 bits per heavy atom. The summed E-state index contributed by atoms with van der Waals surface area (Å²) in [6.07, 6.45) is 1.73. The summed E-state index contributed by atoms with van der Waals surface area (Å²) in [5, 5.41) is 5.91. The van der Waals surface area contributed by atoms with E-state index in [2.05, 4.69) is 10.6 Å². The normalized spacial score (nSPS) is 22.0. The number of hydrogen-bond donors (Lipinski definition) is 3. The van der Waals surface area contributed by atoms with Gasteiger partial charge in [-0.1, -0.05) is 6.92 Å². The molecule has 0 aromatic carbocycles. The first-order chi connectivity index (χ1) is 10.0. The molecule has 21 heavy (non-hydrogen) atoms. The largest absolute Gasteiger partial charge is 0.378 e. The van der Waals surface area contributed by atoms with Crippen molar-refractivity contribution in [2.45, 2.75) is 38.5 Å². The van der Waals surface area contributed by atoms with Crippen molar-refractivity contribution in [3.05, 3.63) is 28.2 Å². The molecule has 0 unspecified atom stereocenters. The molecule has 0 saturated carbocycles. The fourth-order valence-corrected chi connectivity index (χ4v) is 2.49. The quantitative estimate of drug-likeness (QED) is 0.737. The van der Waals surface area contributed by atoms with Crippen LogP contribution < -0.4 is 21.9 Å². The van der Waals surface area contributed by atoms with Gasteiger partial charge in [0.1, 0.15) is 6.17 Å². The monoisotopic (exact) mass is 296 g/mol. The van der Waals surface area contributed by atoms with Crippen molar-refractivity contribution in [3.63, 3.8) is 0 Å². The van der Waals surface area contributed by atoms with E-state index in [0.29, 0.717) is 25.2 Å². The summed E-state index contributed by atoms with van der Waals surface area (Å²) < 4.78 is 15.3. The summed E-state index contributed by atoms with van der Waals surface area (Å²) in [6.45, 7) is 3.40. The van der Waals surface area contributed by atoms with Crippen LogP contribution in [0.3, 0.4) is 0 Å². The Balaban J connectivity index is 2.31. The van der Waals surface area contributed by atoms with Gasteiger partial charge in [0.15, 0.2) is 0 Å². The molecule has 1 saturated heterocycles. The van der Waals surface area contributed by atoms with Crippen LogP contribution in [0.4, 0.5) is 10.1 Å². The highest BCUT2D eigenvalue weighted by Crippen LogP contribution is 2.18. The zero-order valence-corrected chi connectivity index (χ0v) is 12.1. The number of anilines is 1. The lowest BCUT2D eigenvalue weighted by atomic mass is 10.0.